The first-order valence-electron chi connectivity index (χ1n) is 8.64. The number of aromatic nitrogens is 1. The molecular weight excluding hydrogens is 310 g/mol. The number of hydrogen-bond acceptors (Lipinski definition) is 4. The highest BCUT2D eigenvalue weighted by atomic mass is 16.1. The predicted octanol–water partition coefficient (Wildman–Crippen LogP) is 5.04. The Labute approximate surface area is 151 Å². The number of pyridine rings is 1. The van der Waals surface area contributed by atoms with Gasteiger partial charge in [-0.25, -0.2) is 4.98 Å². The molecule has 134 valence electrons. The minimum Gasteiger partial charge on any atom is -0.365 e. The predicted molar refractivity (Wildman–Crippen MR) is 106 cm³/mol. The summed E-state index contributed by atoms with van der Waals surface area (Å²) >= 11 is 0. The van der Waals surface area contributed by atoms with Gasteiger partial charge in [-0.05, 0) is 60.1 Å². The molecule has 0 bridgehead atoms. The Morgan fingerprint density at radius 1 is 0.920 bits per heavy atom. The highest BCUT2D eigenvalue weighted by Gasteiger charge is 2.23. The van der Waals surface area contributed by atoms with Crippen LogP contribution in [0, 0.1) is 6.92 Å². The molecule has 4 nitrogen and oxygen atoms in total. The fourth-order valence-electron chi connectivity index (χ4n) is 2.59. The zero-order chi connectivity index (χ0) is 18.8. The van der Waals surface area contributed by atoms with E-state index in [-0.39, 0.29) is 16.9 Å². The van der Waals surface area contributed by atoms with Crippen LogP contribution in [0.4, 0.5) is 11.6 Å². The number of ketones is 1. The van der Waals surface area contributed by atoms with Gasteiger partial charge in [-0.15, -0.1) is 0 Å². The summed E-state index contributed by atoms with van der Waals surface area (Å²) in [7, 11) is 0. The number of hydrogen-bond donors (Lipinski definition) is 2. The van der Waals surface area contributed by atoms with Crippen molar-refractivity contribution in [2.45, 2.75) is 59.5 Å². The van der Waals surface area contributed by atoms with E-state index >= 15 is 0 Å². The largest absolute Gasteiger partial charge is 0.365 e. The van der Waals surface area contributed by atoms with Crippen molar-refractivity contribution >= 4 is 17.4 Å². The maximum atomic E-state index is 13.1. The van der Waals surface area contributed by atoms with Crippen LogP contribution in [-0.2, 0) is 0 Å². The second kappa shape index (κ2) is 6.87. The minimum atomic E-state index is -0.203. The SMILES string of the molecule is Cc1cc(NC(C)(C)C)nc(NC(C)(C)C)c1C(=O)c1ccccc1. The monoisotopic (exact) mass is 339 g/mol. The van der Waals surface area contributed by atoms with Gasteiger partial charge in [-0.2, -0.15) is 0 Å². The molecule has 25 heavy (non-hydrogen) atoms. The Bertz CT molecular complexity index is 753. The number of nitrogens with one attached hydrogen (secondary N) is 2. The topological polar surface area (TPSA) is 54.0 Å². The molecule has 1 aromatic carbocycles. The number of carbonyl (C=O) groups is 1. The van der Waals surface area contributed by atoms with Gasteiger partial charge in [0.2, 0.25) is 0 Å². The number of anilines is 2. The van der Waals surface area contributed by atoms with E-state index in [0.717, 1.165) is 11.4 Å². The molecular formula is C21H29N3O. The van der Waals surface area contributed by atoms with Gasteiger partial charge in [0.05, 0.1) is 5.56 Å². The Morgan fingerprint density at radius 2 is 1.48 bits per heavy atom. The lowest BCUT2D eigenvalue weighted by atomic mass is 9.98. The fraction of sp³-hybridized carbons (Fsp3) is 0.429. The van der Waals surface area contributed by atoms with Crippen LogP contribution in [0.15, 0.2) is 36.4 Å². The quantitative estimate of drug-likeness (QED) is 0.766. The normalized spacial score (nSPS) is 12.0. The molecule has 0 amide bonds. The maximum Gasteiger partial charge on any atom is 0.197 e. The number of carbonyl (C=O) groups excluding carboxylic acids is 1. The van der Waals surface area contributed by atoms with Gasteiger partial charge in [0.25, 0.3) is 0 Å². The van der Waals surface area contributed by atoms with Gasteiger partial charge in [0, 0.05) is 16.6 Å². The first-order chi connectivity index (χ1) is 11.5. The molecule has 0 aliphatic carbocycles. The van der Waals surface area contributed by atoms with E-state index in [1.807, 2.05) is 43.3 Å². The second-order valence-electron chi connectivity index (χ2n) is 8.49. The van der Waals surface area contributed by atoms with E-state index in [4.69, 9.17) is 4.98 Å². The van der Waals surface area contributed by atoms with Gasteiger partial charge < -0.3 is 10.6 Å². The van der Waals surface area contributed by atoms with Crippen LogP contribution in [0.2, 0.25) is 0 Å². The summed E-state index contributed by atoms with van der Waals surface area (Å²) in [6.07, 6.45) is 0. The van der Waals surface area contributed by atoms with Crippen LogP contribution in [0.1, 0.15) is 63.0 Å². The fourth-order valence-corrected chi connectivity index (χ4v) is 2.59. The van der Waals surface area contributed by atoms with E-state index in [1.165, 1.54) is 0 Å². The van der Waals surface area contributed by atoms with Crippen LogP contribution in [0.25, 0.3) is 0 Å². The zero-order valence-corrected chi connectivity index (χ0v) is 16.3. The summed E-state index contributed by atoms with van der Waals surface area (Å²) < 4.78 is 0. The molecule has 0 unspecified atom stereocenters. The van der Waals surface area contributed by atoms with E-state index in [2.05, 4.69) is 52.2 Å². The van der Waals surface area contributed by atoms with Crippen molar-refractivity contribution in [3.05, 3.63) is 53.1 Å². The summed E-state index contributed by atoms with van der Waals surface area (Å²) in [5.41, 5.74) is 1.89. The Balaban J connectivity index is 2.55. The molecule has 2 rings (SSSR count). The molecule has 0 saturated heterocycles. The molecule has 0 aliphatic rings. The minimum absolute atomic E-state index is 0.0142. The molecule has 0 radical (unpaired) electrons. The number of nitrogens with zero attached hydrogens (tertiary/aromatic N) is 1. The third-order valence-electron chi connectivity index (χ3n) is 3.48. The van der Waals surface area contributed by atoms with Crippen molar-refractivity contribution in [2.75, 3.05) is 10.6 Å². The van der Waals surface area contributed by atoms with E-state index in [1.54, 1.807) is 0 Å². The van der Waals surface area contributed by atoms with Crippen LogP contribution in [0.5, 0.6) is 0 Å². The molecule has 2 aromatic rings. The highest BCUT2D eigenvalue weighted by molar-refractivity contribution is 6.13. The number of aryl methyl sites for hydroxylation is 1. The van der Waals surface area contributed by atoms with E-state index in [9.17, 15) is 4.79 Å². The van der Waals surface area contributed by atoms with E-state index in [0.29, 0.717) is 16.9 Å². The lowest BCUT2D eigenvalue weighted by Crippen LogP contribution is -2.30. The Kier molecular flexibility index (Phi) is 5.21. The lowest BCUT2D eigenvalue weighted by molar-refractivity contribution is 0.103. The highest BCUT2D eigenvalue weighted by Crippen LogP contribution is 2.27. The number of rotatable bonds is 4. The van der Waals surface area contributed by atoms with Crippen molar-refractivity contribution in [3.63, 3.8) is 0 Å². The van der Waals surface area contributed by atoms with Crippen molar-refractivity contribution in [1.82, 2.24) is 4.98 Å². The van der Waals surface area contributed by atoms with Crippen molar-refractivity contribution < 1.29 is 4.79 Å². The first kappa shape index (κ1) is 19.0. The molecule has 4 heteroatoms. The molecule has 1 aromatic heterocycles. The third kappa shape index (κ3) is 5.31. The van der Waals surface area contributed by atoms with Crippen LogP contribution in [0.3, 0.4) is 0 Å². The average Bonchev–Trinajstić information content (AvgIpc) is 2.43. The summed E-state index contributed by atoms with van der Waals surface area (Å²) in [6.45, 7) is 14.4. The molecule has 2 N–H and O–H groups in total. The van der Waals surface area contributed by atoms with Gasteiger partial charge >= 0.3 is 0 Å². The third-order valence-corrected chi connectivity index (χ3v) is 3.48. The molecule has 0 atom stereocenters. The second-order valence-corrected chi connectivity index (χ2v) is 8.49. The van der Waals surface area contributed by atoms with Gasteiger partial charge in [0.15, 0.2) is 5.78 Å². The van der Waals surface area contributed by atoms with Crippen LogP contribution in [-0.4, -0.2) is 21.8 Å². The van der Waals surface area contributed by atoms with E-state index < -0.39 is 0 Å². The zero-order valence-electron chi connectivity index (χ0n) is 16.3. The molecule has 0 spiro atoms. The standard InChI is InChI=1S/C21H29N3O/c1-14-13-16(23-20(2,3)4)22-19(24-21(5,6)7)17(14)18(25)15-11-9-8-10-12-15/h8-13H,1-7H3,(H2,22,23,24). The molecule has 1 heterocycles. The summed E-state index contributed by atoms with van der Waals surface area (Å²) in [5, 5.41) is 6.79. The van der Waals surface area contributed by atoms with Gasteiger partial charge in [0.1, 0.15) is 11.6 Å². The van der Waals surface area contributed by atoms with Crippen molar-refractivity contribution in [3.8, 4) is 0 Å². The summed E-state index contributed by atoms with van der Waals surface area (Å²) in [6, 6.07) is 11.3. The molecule has 0 aliphatic heterocycles. The van der Waals surface area contributed by atoms with Crippen molar-refractivity contribution in [2.24, 2.45) is 0 Å². The smallest absolute Gasteiger partial charge is 0.197 e. The van der Waals surface area contributed by atoms with Crippen LogP contribution < -0.4 is 10.6 Å². The average molecular weight is 339 g/mol. The van der Waals surface area contributed by atoms with Crippen LogP contribution >= 0.6 is 0 Å². The maximum absolute atomic E-state index is 13.1. The number of benzene rings is 1. The Morgan fingerprint density at radius 3 is 2.00 bits per heavy atom. The summed E-state index contributed by atoms with van der Waals surface area (Å²) in [4.78, 5) is 17.8. The Hall–Kier alpha value is -2.36. The van der Waals surface area contributed by atoms with Crippen molar-refractivity contribution in [1.29, 1.82) is 0 Å². The molecule has 0 fully saturated rings. The van der Waals surface area contributed by atoms with Gasteiger partial charge in [-0.1, -0.05) is 30.3 Å². The lowest BCUT2D eigenvalue weighted by Gasteiger charge is -2.26. The first-order valence-corrected chi connectivity index (χ1v) is 8.64. The van der Waals surface area contributed by atoms with Gasteiger partial charge in [-0.3, -0.25) is 4.79 Å². The summed E-state index contributed by atoms with van der Waals surface area (Å²) in [5.74, 6) is 1.37. The molecule has 0 saturated carbocycles.